The highest BCUT2D eigenvalue weighted by Gasteiger charge is 2.32. The fourth-order valence-corrected chi connectivity index (χ4v) is 3.78. The van der Waals surface area contributed by atoms with Crippen LogP contribution >= 0.6 is 0 Å². The number of nitrogens with one attached hydrogen (secondary N) is 1. The number of ether oxygens (including phenoxy) is 1. The van der Waals surface area contributed by atoms with Crippen LogP contribution < -0.4 is 0 Å². The van der Waals surface area contributed by atoms with Gasteiger partial charge in [0, 0.05) is 31.1 Å². The van der Waals surface area contributed by atoms with Gasteiger partial charge in [0.1, 0.15) is 11.6 Å². The van der Waals surface area contributed by atoms with Crippen molar-refractivity contribution >= 4 is 5.91 Å². The Hall–Kier alpha value is -2.28. The number of benzene rings is 1. The van der Waals surface area contributed by atoms with Gasteiger partial charge in [-0.1, -0.05) is 0 Å². The molecule has 5 nitrogen and oxygen atoms in total. The van der Waals surface area contributed by atoms with E-state index in [1.54, 1.807) is 4.90 Å². The summed E-state index contributed by atoms with van der Waals surface area (Å²) in [5.41, 5.74) is 3.11. The Morgan fingerprint density at radius 3 is 2.92 bits per heavy atom. The zero-order chi connectivity index (χ0) is 17.7. The van der Waals surface area contributed by atoms with Crippen LogP contribution in [0.25, 0.3) is 0 Å². The van der Waals surface area contributed by atoms with Crippen LogP contribution in [0.3, 0.4) is 0 Å². The number of carbonyl (C=O) groups is 1. The molecule has 1 N–H and O–H groups in total. The minimum Gasteiger partial charge on any atom is -0.369 e. The van der Waals surface area contributed by atoms with Crippen molar-refractivity contribution in [3.05, 3.63) is 51.8 Å². The summed E-state index contributed by atoms with van der Waals surface area (Å²) in [4.78, 5) is 14.5. The lowest BCUT2D eigenvalue weighted by molar-refractivity contribution is -0.00702. The first-order chi connectivity index (χ1) is 11.9. The van der Waals surface area contributed by atoms with Crippen LogP contribution in [-0.2, 0) is 24.1 Å². The largest absolute Gasteiger partial charge is 0.369 e. The van der Waals surface area contributed by atoms with Crippen LogP contribution in [0.4, 0.5) is 8.78 Å². The second-order valence-electron chi connectivity index (χ2n) is 6.76. The normalized spacial score (nSPS) is 22.5. The lowest BCUT2D eigenvalue weighted by Crippen LogP contribution is -2.37. The van der Waals surface area contributed by atoms with Crippen molar-refractivity contribution in [3.8, 4) is 0 Å². The second kappa shape index (κ2) is 5.91. The van der Waals surface area contributed by atoms with Gasteiger partial charge in [-0.2, -0.15) is 5.10 Å². The van der Waals surface area contributed by atoms with Gasteiger partial charge in [0.2, 0.25) is 0 Å². The number of aromatic amines is 1. The smallest absolute Gasteiger partial charge is 0.274 e. The monoisotopic (exact) mass is 347 g/mol. The van der Waals surface area contributed by atoms with Gasteiger partial charge in [-0.25, -0.2) is 8.78 Å². The molecule has 0 fully saturated rings. The number of H-pyrrole nitrogens is 1. The molecule has 0 radical (unpaired) electrons. The third-order valence-corrected chi connectivity index (χ3v) is 4.97. The van der Waals surface area contributed by atoms with E-state index in [9.17, 15) is 13.6 Å². The fraction of sp³-hybridized carbons (Fsp3) is 0.444. The lowest BCUT2D eigenvalue weighted by atomic mass is 9.97. The van der Waals surface area contributed by atoms with Gasteiger partial charge in [-0.3, -0.25) is 9.89 Å². The highest BCUT2D eigenvalue weighted by Crippen LogP contribution is 2.31. The van der Waals surface area contributed by atoms with Crippen LogP contribution in [0.15, 0.2) is 12.1 Å². The van der Waals surface area contributed by atoms with Crippen molar-refractivity contribution in [2.45, 2.75) is 45.4 Å². The molecule has 1 aromatic carbocycles. The summed E-state index contributed by atoms with van der Waals surface area (Å²) < 4.78 is 33.1. The predicted molar refractivity (Wildman–Crippen MR) is 86.1 cm³/mol. The molecule has 3 heterocycles. The van der Waals surface area contributed by atoms with E-state index in [2.05, 4.69) is 10.2 Å². The van der Waals surface area contributed by atoms with Crippen molar-refractivity contribution in [2.75, 3.05) is 6.54 Å². The van der Waals surface area contributed by atoms with Crippen LogP contribution in [0, 0.1) is 11.6 Å². The molecule has 2 aliphatic heterocycles. The van der Waals surface area contributed by atoms with E-state index in [0.717, 1.165) is 17.3 Å². The number of hydrogen-bond donors (Lipinski definition) is 1. The molecule has 0 bridgehead atoms. The minimum absolute atomic E-state index is 0.0110. The molecule has 2 aromatic rings. The number of fused-ring (bicyclic) bond motifs is 2. The molecule has 2 aliphatic rings. The molecule has 7 heteroatoms. The molecule has 132 valence electrons. The SMILES string of the molecule is C[C@@H]1Cc2c(C(=O)N3CCc4c(F)cc(F)cc4C3)n[nH]c2[C@H](C)O1. The van der Waals surface area contributed by atoms with Crippen molar-refractivity contribution < 1.29 is 18.3 Å². The maximum absolute atomic E-state index is 13.9. The molecule has 0 saturated heterocycles. The molecule has 25 heavy (non-hydrogen) atoms. The minimum atomic E-state index is -0.623. The summed E-state index contributed by atoms with van der Waals surface area (Å²) in [5.74, 6) is -1.38. The number of aromatic nitrogens is 2. The Bertz CT molecular complexity index is 849. The molecule has 0 saturated carbocycles. The van der Waals surface area contributed by atoms with E-state index in [1.165, 1.54) is 6.07 Å². The first kappa shape index (κ1) is 16.2. The Kier molecular flexibility index (Phi) is 3.83. The predicted octanol–water partition coefficient (Wildman–Crippen LogP) is 2.91. The molecular weight excluding hydrogens is 328 g/mol. The Labute approximate surface area is 144 Å². The number of halogens is 2. The van der Waals surface area contributed by atoms with Gasteiger partial charge < -0.3 is 9.64 Å². The van der Waals surface area contributed by atoms with Gasteiger partial charge in [0.05, 0.1) is 17.9 Å². The van der Waals surface area contributed by atoms with Gasteiger partial charge >= 0.3 is 0 Å². The summed E-state index contributed by atoms with van der Waals surface area (Å²) in [6, 6.07) is 2.19. The molecule has 2 atom stereocenters. The zero-order valence-corrected chi connectivity index (χ0v) is 14.1. The molecule has 1 aromatic heterocycles. The summed E-state index contributed by atoms with van der Waals surface area (Å²) in [6.45, 7) is 4.46. The first-order valence-corrected chi connectivity index (χ1v) is 8.42. The van der Waals surface area contributed by atoms with E-state index in [1.807, 2.05) is 13.8 Å². The number of amides is 1. The number of rotatable bonds is 1. The number of hydrogen-bond acceptors (Lipinski definition) is 3. The van der Waals surface area contributed by atoms with E-state index in [0.29, 0.717) is 36.2 Å². The van der Waals surface area contributed by atoms with Crippen LogP contribution in [-0.4, -0.2) is 33.7 Å². The van der Waals surface area contributed by atoms with E-state index in [4.69, 9.17) is 4.74 Å². The van der Waals surface area contributed by atoms with Crippen molar-refractivity contribution in [3.63, 3.8) is 0 Å². The molecule has 0 spiro atoms. The average molecular weight is 347 g/mol. The van der Waals surface area contributed by atoms with Crippen LogP contribution in [0.2, 0.25) is 0 Å². The maximum atomic E-state index is 13.9. The second-order valence-corrected chi connectivity index (χ2v) is 6.76. The molecule has 0 unspecified atom stereocenters. The van der Waals surface area contributed by atoms with Crippen LogP contribution in [0.1, 0.15) is 52.8 Å². The van der Waals surface area contributed by atoms with E-state index >= 15 is 0 Å². The van der Waals surface area contributed by atoms with Crippen molar-refractivity contribution in [1.29, 1.82) is 0 Å². The summed E-state index contributed by atoms with van der Waals surface area (Å²) >= 11 is 0. The Morgan fingerprint density at radius 2 is 2.12 bits per heavy atom. The molecule has 0 aliphatic carbocycles. The Morgan fingerprint density at radius 1 is 1.32 bits per heavy atom. The summed E-state index contributed by atoms with van der Waals surface area (Å²) in [6.07, 6.45) is 0.857. The number of carbonyl (C=O) groups excluding carboxylic acids is 1. The number of nitrogens with zero attached hydrogens (tertiary/aromatic N) is 2. The van der Waals surface area contributed by atoms with E-state index in [-0.39, 0.29) is 24.7 Å². The maximum Gasteiger partial charge on any atom is 0.274 e. The molecule has 4 rings (SSSR count). The zero-order valence-electron chi connectivity index (χ0n) is 14.1. The third-order valence-electron chi connectivity index (χ3n) is 4.97. The summed E-state index contributed by atoms with van der Waals surface area (Å²) in [5, 5.41) is 7.12. The molecule has 1 amide bonds. The fourth-order valence-electron chi connectivity index (χ4n) is 3.78. The first-order valence-electron chi connectivity index (χ1n) is 8.42. The van der Waals surface area contributed by atoms with E-state index < -0.39 is 11.6 Å². The highest BCUT2D eigenvalue weighted by molar-refractivity contribution is 5.94. The topological polar surface area (TPSA) is 58.2 Å². The third kappa shape index (κ3) is 2.72. The van der Waals surface area contributed by atoms with Gasteiger partial charge in [-0.15, -0.1) is 0 Å². The standard InChI is InChI=1S/C18H19F2N3O2/c1-9-5-14-16(10(2)25-9)21-22-17(14)18(24)23-4-3-13-11(8-23)6-12(19)7-15(13)20/h6-7,9-10H,3-5,8H2,1-2H3,(H,21,22)/t9-,10+/m1/s1. The Balaban J connectivity index is 1.63. The van der Waals surface area contributed by atoms with Crippen molar-refractivity contribution in [2.24, 2.45) is 0 Å². The molecular formula is C18H19F2N3O2. The average Bonchev–Trinajstić information content (AvgIpc) is 2.97. The van der Waals surface area contributed by atoms with Gasteiger partial charge in [0.15, 0.2) is 5.69 Å². The van der Waals surface area contributed by atoms with Crippen molar-refractivity contribution in [1.82, 2.24) is 15.1 Å². The van der Waals surface area contributed by atoms with Gasteiger partial charge in [-0.05, 0) is 37.5 Å². The highest BCUT2D eigenvalue weighted by atomic mass is 19.1. The van der Waals surface area contributed by atoms with Gasteiger partial charge in [0.25, 0.3) is 5.91 Å². The lowest BCUT2D eigenvalue weighted by Gasteiger charge is -2.30. The summed E-state index contributed by atoms with van der Waals surface area (Å²) in [7, 11) is 0. The van der Waals surface area contributed by atoms with Crippen LogP contribution in [0.5, 0.6) is 0 Å². The quantitative estimate of drug-likeness (QED) is 0.863.